The minimum absolute atomic E-state index is 0.0427. The first-order valence-corrected chi connectivity index (χ1v) is 11.1. The van der Waals surface area contributed by atoms with Gasteiger partial charge in [-0.25, -0.2) is 4.98 Å². The van der Waals surface area contributed by atoms with Crippen LogP contribution in [0.2, 0.25) is 0 Å². The third-order valence-electron chi connectivity index (χ3n) is 4.23. The molecule has 0 aliphatic carbocycles. The highest BCUT2D eigenvalue weighted by Crippen LogP contribution is 2.26. The van der Waals surface area contributed by atoms with E-state index in [9.17, 15) is 9.59 Å². The molecule has 2 heterocycles. The Morgan fingerprint density at radius 3 is 2.62 bits per heavy atom. The number of rotatable bonds is 9. The Hall–Kier alpha value is -2.52. The second kappa shape index (κ2) is 9.80. The number of ether oxygens (including phenoxy) is 2. The maximum Gasteiger partial charge on any atom is 0.272 e. The molecule has 0 fully saturated rings. The van der Waals surface area contributed by atoms with Crippen LogP contribution in [0.5, 0.6) is 11.5 Å². The van der Waals surface area contributed by atoms with Crippen molar-refractivity contribution in [3.63, 3.8) is 0 Å². The Morgan fingerprint density at radius 2 is 1.97 bits per heavy atom. The molecule has 0 unspecified atom stereocenters. The molecule has 2 aromatic heterocycles. The molecular weight excluding hydrogens is 410 g/mol. The summed E-state index contributed by atoms with van der Waals surface area (Å²) in [7, 11) is 3.11. The number of hydrogen-bond donors (Lipinski definition) is 1. The summed E-state index contributed by atoms with van der Waals surface area (Å²) in [6.45, 7) is 2.66. The highest BCUT2D eigenvalue weighted by atomic mass is 32.2. The van der Waals surface area contributed by atoms with Gasteiger partial charge in [-0.05, 0) is 17.9 Å². The molecular formula is C20H23N3O4S2. The number of methoxy groups -OCH3 is 2. The van der Waals surface area contributed by atoms with Crippen LogP contribution in [-0.4, -0.2) is 35.4 Å². The molecule has 9 heteroatoms. The number of nitrogens with zero attached hydrogens (tertiary/aromatic N) is 2. The maximum atomic E-state index is 12.8. The number of carbonyl (C=O) groups is 1. The molecule has 3 aromatic rings. The van der Waals surface area contributed by atoms with E-state index in [-0.39, 0.29) is 17.2 Å². The zero-order valence-electron chi connectivity index (χ0n) is 16.6. The average molecular weight is 434 g/mol. The van der Waals surface area contributed by atoms with Crippen molar-refractivity contribution in [3.05, 3.63) is 40.0 Å². The van der Waals surface area contributed by atoms with Gasteiger partial charge in [-0.1, -0.05) is 25.1 Å². The summed E-state index contributed by atoms with van der Waals surface area (Å²) in [5.41, 5.74) is 1.21. The molecule has 0 saturated heterocycles. The zero-order valence-corrected chi connectivity index (χ0v) is 18.2. The van der Waals surface area contributed by atoms with Crippen LogP contribution < -0.4 is 20.3 Å². The number of thiophene rings is 1. The van der Waals surface area contributed by atoms with Crippen LogP contribution in [-0.2, 0) is 11.3 Å². The van der Waals surface area contributed by atoms with Crippen LogP contribution in [0.1, 0.15) is 19.8 Å². The third kappa shape index (κ3) is 5.10. The molecule has 1 amide bonds. The Balaban J connectivity index is 1.76. The van der Waals surface area contributed by atoms with Crippen molar-refractivity contribution >= 4 is 44.9 Å². The Bertz CT molecular complexity index is 1040. The lowest BCUT2D eigenvalue weighted by Crippen LogP contribution is -2.23. The summed E-state index contributed by atoms with van der Waals surface area (Å²) in [4.78, 5) is 29.9. The molecule has 1 aromatic carbocycles. The van der Waals surface area contributed by atoms with Crippen LogP contribution >= 0.6 is 23.1 Å². The average Bonchev–Trinajstić information content (AvgIpc) is 3.20. The van der Waals surface area contributed by atoms with E-state index >= 15 is 0 Å². The second-order valence-electron chi connectivity index (χ2n) is 6.28. The predicted octanol–water partition coefficient (Wildman–Crippen LogP) is 4.01. The fraction of sp³-hybridized carbons (Fsp3) is 0.350. The van der Waals surface area contributed by atoms with Gasteiger partial charge in [0.25, 0.3) is 5.56 Å². The van der Waals surface area contributed by atoms with Gasteiger partial charge in [0.2, 0.25) is 5.91 Å². The molecule has 0 aliphatic heterocycles. The Labute approximate surface area is 177 Å². The lowest BCUT2D eigenvalue weighted by molar-refractivity contribution is -0.113. The second-order valence-corrected chi connectivity index (χ2v) is 8.14. The number of carbonyl (C=O) groups excluding carboxylic acids is 1. The van der Waals surface area contributed by atoms with Gasteiger partial charge in [-0.3, -0.25) is 14.2 Å². The van der Waals surface area contributed by atoms with Crippen molar-refractivity contribution in [2.75, 3.05) is 25.3 Å². The standard InChI is InChI=1S/C20H23N3O4S2/c1-4-5-7-23-19(25)18-16(6-8-28-18)22-20(23)29-12-17(24)21-13-9-14(26-2)11-15(10-13)27-3/h6,8-11H,4-5,7,12H2,1-3H3,(H,21,24). The number of benzene rings is 1. The third-order valence-corrected chi connectivity index (χ3v) is 6.10. The van der Waals surface area contributed by atoms with Crippen molar-refractivity contribution in [1.82, 2.24) is 9.55 Å². The van der Waals surface area contributed by atoms with E-state index in [0.717, 1.165) is 12.8 Å². The van der Waals surface area contributed by atoms with Crippen molar-refractivity contribution in [3.8, 4) is 11.5 Å². The van der Waals surface area contributed by atoms with Gasteiger partial charge in [-0.2, -0.15) is 0 Å². The fourth-order valence-corrected chi connectivity index (χ4v) is 4.36. The van der Waals surface area contributed by atoms with Crippen molar-refractivity contribution in [1.29, 1.82) is 0 Å². The Kier molecular flexibility index (Phi) is 7.16. The van der Waals surface area contributed by atoms with Gasteiger partial charge in [0.05, 0.1) is 25.5 Å². The van der Waals surface area contributed by atoms with Crippen LogP contribution in [0.15, 0.2) is 39.6 Å². The van der Waals surface area contributed by atoms with E-state index in [2.05, 4.69) is 17.2 Å². The van der Waals surface area contributed by atoms with Gasteiger partial charge in [0, 0.05) is 30.4 Å². The van der Waals surface area contributed by atoms with Gasteiger partial charge in [0.15, 0.2) is 5.16 Å². The first-order valence-electron chi connectivity index (χ1n) is 9.19. The summed E-state index contributed by atoms with van der Waals surface area (Å²) in [6, 6.07) is 7.00. The largest absolute Gasteiger partial charge is 0.497 e. The predicted molar refractivity (Wildman–Crippen MR) is 118 cm³/mol. The van der Waals surface area contributed by atoms with Crippen LogP contribution in [0, 0.1) is 0 Å². The topological polar surface area (TPSA) is 82.5 Å². The van der Waals surface area contributed by atoms with Crippen LogP contribution in [0.3, 0.4) is 0 Å². The zero-order chi connectivity index (χ0) is 20.8. The summed E-state index contributed by atoms with van der Waals surface area (Å²) in [5, 5.41) is 5.26. The maximum absolute atomic E-state index is 12.8. The Morgan fingerprint density at radius 1 is 1.24 bits per heavy atom. The van der Waals surface area contributed by atoms with Gasteiger partial charge in [0.1, 0.15) is 16.2 Å². The molecule has 0 aliphatic rings. The monoisotopic (exact) mass is 433 g/mol. The molecule has 0 atom stereocenters. The number of hydrogen-bond acceptors (Lipinski definition) is 7. The number of aromatic nitrogens is 2. The summed E-state index contributed by atoms with van der Waals surface area (Å²) >= 11 is 2.65. The molecule has 154 valence electrons. The molecule has 1 N–H and O–H groups in total. The molecule has 29 heavy (non-hydrogen) atoms. The molecule has 7 nitrogen and oxygen atoms in total. The van der Waals surface area contributed by atoms with Crippen molar-refractivity contribution < 1.29 is 14.3 Å². The molecule has 0 spiro atoms. The minimum atomic E-state index is -0.202. The molecule has 0 radical (unpaired) electrons. The summed E-state index contributed by atoms with van der Waals surface area (Å²) < 4.78 is 12.8. The number of thioether (sulfide) groups is 1. The number of amides is 1. The molecule has 3 rings (SSSR count). The number of fused-ring (bicyclic) bond motifs is 1. The SMILES string of the molecule is CCCCn1c(SCC(=O)Nc2cc(OC)cc(OC)c2)nc2ccsc2c1=O. The van der Waals surface area contributed by atoms with Gasteiger partial charge < -0.3 is 14.8 Å². The minimum Gasteiger partial charge on any atom is -0.497 e. The van der Waals surface area contributed by atoms with Crippen molar-refractivity contribution in [2.45, 2.75) is 31.5 Å². The van der Waals surface area contributed by atoms with E-state index in [1.807, 2.05) is 11.4 Å². The van der Waals surface area contributed by atoms with E-state index in [4.69, 9.17) is 9.47 Å². The lowest BCUT2D eigenvalue weighted by Gasteiger charge is -2.12. The lowest BCUT2D eigenvalue weighted by atomic mass is 10.2. The number of unbranched alkanes of at least 4 members (excludes halogenated alkanes) is 1. The quantitative estimate of drug-likeness (QED) is 0.406. The highest BCUT2D eigenvalue weighted by molar-refractivity contribution is 7.99. The van der Waals surface area contributed by atoms with Crippen LogP contribution in [0.25, 0.3) is 10.2 Å². The summed E-state index contributed by atoms with van der Waals surface area (Å²) in [5.74, 6) is 1.11. The normalized spacial score (nSPS) is 10.9. The van der Waals surface area contributed by atoms with Crippen LogP contribution in [0.4, 0.5) is 5.69 Å². The highest BCUT2D eigenvalue weighted by Gasteiger charge is 2.14. The van der Waals surface area contributed by atoms with E-state index in [1.165, 1.54) is 23.1 Å². The van der Waals surface area contributed by atoms with Gasteiger partial charge in [-0.15, -0.1) is 11.3 Å². The van der Waals surface area contributed by atoms with Gasteiger partial charge >= 0.3 is 0 Å². The molecule has 0 saturated carbocycles. The number of nitrogens with one attached hydrogen (secondary N) is 1. The smallest absolute Gasteiger partial charge is 0.272 e. The van der Waals surface area contributed by atoms with E-state index in [0.29, 0.717) is 39.1 Å². The fourth-order valence-electron chi connectivity index (χ4n) is 2.75. The first-order chi connectivity index (χ1) is 14.0. The number of anilines is 1. The van der Waals surface area contributed by atoms with E-state index < -0.39 is 0 Å². The van der Waals surface area contributed by atoms with Crippen molar-refractivity contribution in [2.24, 2.45) is 0 Å². The summed E-state index contributed by atoms with van der Waals surface area (Å²) in [6.07, 6.45) is 1.85. The molecule has 0 bridgehead atoms. The first kappa shape index (κ1) is 21.2. The van der Waals surface area contributed by atoms with E-state index in [1.54, 1.807) is 37.0 Å².